The molecule has 0 aromatic heterocycles. The molecule has 4 amide bonds. The number of carbonyl (C=O) groups excluding carboxylic acids is 3. The van der Waals surface area contributed by atoms with Crippen LogP contribution in [-0.4, -0.2) is 36.4 Å². The van der Waals surface area contributed by atoms with Crippen LogP contribution in [0.3, 0.4) is 0 Å². The van der Waals surface area contributed by atoms with Crippen LogP contribution >= 0.6 is 55.1 Å². The Bertz CT molecular complexity index is 1440. The molecule has 0 saturated carbocycles. The number of anilines is 1. The van der Waals surface area contributed by atoms with Gasteiger partial charge in [0.1, 0.15) is 30.3 Å². The standard InChI is InChI=1S/C26H19Br2Cl2N3O5/c1-37-22-5-3-2-4-20(22)31-23(34)12-33-25(35)21(32-26(33)36)11-15-8-16(27)24(17(28)9-15)38-13-14-6-7-18(29)19(30)10-14/h2-11H,12-13H2,1H3,(H,31,34)(H,32,36)/b21-11+. The third-order valence-corrected chi connectivity index (χ3v) is 7.26. The van der Waals surface area contributed by atoms with E-state index < -0.39 is 24.4 Å². The Balaban J connectivity index is 1.44. The maximum atomic E-state index is 12.9. The Morgan fingerprint density at radius 3 is 2.45 bits per heavy atom. The van der Waals surface area contributed by atoms with Crippen LogP contribution in [0.1, 0.15) is 11.1 Å². The van der Waals surface area contributed by atoms with Crippen LogP contribution in [0.15, 0.2) is 69.2 Å². The molecule has 1 aliphatic heterocycles. The molecule has 4 rings (SSSR count). The van der Waals surface area contributed by atoms with Gasteiger partial charge in [-0.15, -0.1) is 0 Å². The van der Waals surface area contributed by atoms with E-state index in [1.165, 1.54) is 13.2 Å². The molecule has 0 spiro atoms. The fourth-order valence-corrected chi connectivity index (χ4v) is 5.32. The lowest BCUT2D eigenvalue weighted by Crippen LogP contribution is -2.38. The molecule has 38 heavy (non-hydrogen) atoms. The molecule has 0 aliphatic carbocycles. The highest BCUT2D eigenvalue weighted by atomic mass is 79.9. The fraction of sp³-hybridized carbons (Fsp3) is 0.115. The molecule has 1 fully saturated rings. The van der Waals surface area contributed by atoms with Crippen molar-refractivity contribution in [3.8, 4) is 11.5 Å². The van der Waals surface area contributed by atoms with Gasteiger partial charge in [0.15, 0.2) is 0 Å². The van der Waals surface area contributed by atoms with Gasteiger partial charge in [0.25, 0.3) is 5.91 Å². The minimum atomic E-state index is -0.698. The van der Waals surface area contributed by atoms with Crippen LogP contribution in [0.4, 0.5) is 10.5 Å². The summed E-state index contributed by atoms with van der Waals surface area (Å²) in [5.74, 6) is -0.181. The van der Waals surface area contributed by atoms with Gasteiger partial charge >= 0.3 is 6.03 Å². The molecule has 0 atom stereocenters. The lowest BCUT2D eigenvalue weighted by Gasteiger charge is -2.13. The van der Waals surface area contributed by atoms with Crippen molar-refractivity contribution in [1.29, 1.82) is 0 Å². The second-order valence-corrected chi connectivity index (χ2v) is 10.5. The summed E-state index contributed by atoms with van der Waals surface area (Å²) in [6, 6.07) is 14.8. The van der Waals surface area contributed by atoms with Gasteiger partial charge in [0, 0.05) is 0 Å². The first kappa shape index (κ1) is 28.0. The number of amides is 4. The number of para-hydroxylation sites is 2. The van der Waals surface area contributed by atoms with Crippen molar-refractivity contribution in [2.75, 3.05) is 19.0 Å². The molecule has 1 heterocycles. The van der Waals surface area contributed by atoms with Crippen molar-refractivity contribution in [2.45, 2.75) is 6.61 Å². The van der Waals surface area contributed by atoms with Crippen LogP contribution < -0.4 is 20.1 Å². The molecule has 0 unspecified atom stereocenters. The van der Waals surface area contributed by atoms with Gasteiger partial charge in [0.05, 0.1) is 31.8 Å². The van der Waals surface area contributed by atoms with Crippen molar-refractivity contribution in [3.63, 3.8) is 0 Å². The summed E-state index contributed by atoms with van der Waals surface area (Å²) < 4.78 is 12.4. The number of carbonyl (C=O) groups is 3. The van der Waals surface area contributed by atoms with E-state index in [0.29, 0.717) is 41.7 Å². The lowest BCUT2D eigenvalue weighted by molar-refractivity contribution is -0.127. The van der Waals surface area contributed by atoms with Crippen LogP contribution in [0.2, 0.25) is 10.0 Å². The van der Waals surface area contributed by atoms with Gasteiger partial charge in [-0.3, -0.25) is 9.59 Å². The quantitative estimate of drug-likeness (QED) is 0.205. The lowest BCUT2D eigenvalue weighted by atomic mass is 10.2. The van der Waals surface area contributed by atoms with Gasteiger partial charge in [-0.1, -0.05) is 41.4 Å². The third kappa shape index (κ3) is 6.50. The van der Waals surface area contributed by atoms with E-state index in [0.717, 1.165) is 10.5 Å². The zero-order chi connectivity index (χ0) is 27.4. The Labute approximate surface area is 245 Å². The van der Waals surface area contributed by atoms with Gasteiger partial charge in [-0.25, -0.2) is 9.69 Å². The summed E-state index contributed by atoms with van der Waals surface area (Å²) in [6.07, 6.45) is 1.51. The topological polar surface area (TPSA) is 97.0 Å². The fourth-order valence-electron chi connectivity index (χ4n) is 3.55. The monoisotopic (exact) mass is 681 g/mol. The number of hydrogen-bond donors (Lipinski definition) is 2. The van der Waals surface area contributed by atoms with E-state index in [1.54, 1.807) is 48.5 Å². The zero-order valence-electron chi connectivity index (χ0n) is 19.7. The largest absolute Gasteiger partial charge is 0.495 e. The van der Waals surface area contributed by atoms with Crippen LogP contribution in [0.5, 0.6) is 11.5 Å². The van der Waals surface area contributed by atoms with Gasteiger partial charge in [0.2, 0.25) is 5.91 Å². The van der Waals surface area contributed by atoms with Gasteiger partial charge in [-0.2, -0.15) is 0 Å². The van der Waals surface area contributed by atoms with Crippen molar-refractivity contribution in [2.24, 2.45) is 0 Å². The highest BCUT2D eigenvalue weighted by Gasteiger charge is 2.35. The summed E-state index contributed by atoms with van der Waals surface area (Å²) in [7, 11) is 1.48. The van der Waals surface area contributed by atoms with Crippen LogP contribution in [0.25, 0.3) is 6.08 Å². The summed E-state index contributed by atoms with van der Waals surface area (Å²) in [5.41, 5.74) is 1.90. The predicted molar refractivity (Wildman–Crippen MR) is 152 cm³/mol. The average Bonchev–Trinajstić information content (AvgIpc) is 3.13. The summed E-state index contributed by atoms with van der Waals surface area (Å²) >= 11 is 19.0. The molecule has 3 aromatic carbocycles. The average molecular weight is 684 g/mol. The zero-order valence-corrected chi connectivity index (χ0v) is 24.4. The minimum absolute atomic E-state index is 0.0309. The molecule has 196 valence electrons. The maximum absolute atomic E-state index is 12.9. The smallest absolute Gasteiger partial charge is 0.329 e. The van der Waals surface area contributed by atoms with Crippen molar-refractivity contribution >= 4 is 84.7 Å². The number of halogens is 4. The predicted octanol–water partition coefficient (Wildman–Crippen LogP) is 6.64. The number of ether oxygens (including phenoxy) is 2. The van der Waals surface area contributed by atoms with E-state index in [1.807, 2.05) is 6.07 Å². The first-order valence-electron chi connectivity index (χ1n) is 11.0. The molecule has 8 nitrogen and oxygen atoms in total. The Kier molecular flexibility index (Phi) is 8.99. The Morgan fingerprint density at radius 1 is 1.05 bits per heavy atom. The normalized spacial score (nSPS) is 14.0. The molecule has 0 bridgehead atoms. The number of rotatable bonds is 8. The van der Waals surface area contributed by atoms with Gasteiger partial charge < -0.3 is 20.1 Å². The van der Waals surface area contributed by atoms with Crippen LogP contribution in [-0.2, 0) is 16.2 Å². The number of hydrogen-bond acceptors (Lipinski definition) is 5. The van der Waals surface area contributed by atoms with E-state index in [2.05, 4.69) is 42.5 Å². The molecule has 3 aromatic rings. The first-order chi connectivity index (χ1) is 18.2. The Morgan fingerprint density at radius 2 is 1.76 bits per heavy atom. The maximum Gasteiger partial charge on any atom is 0.329 e. The summed E-state index contributed by atoms with van der Waals surface area (Å²) in [6.45, 7) is -0.218. The summed E-state index contributed by atoms with van der Waals surface area (Å²) in [4.78, 5) is 38.7. The van der Waals surface area contributed by atoms with E-state index >= 15 is 0 Å². The van der Waals surface area contributed by atoms with E-state index in [4.69, 9.17) is 32.7 Å². The number of nitrogens with zero attached hydrogens (tertiary/aromatic N) is 1. The molecule has 2 N–H and O–H groups in total. The van der Waals surface area contributed by atoms with E-state index in [-0.39, 0.29) is 12.3 Å². The highest BCUT2D eigenvalue weighted by Crippen LogP contribution is 2.36. The molecule has 1 saturated heterocycles. The number of urea groups is 1. The molecular weight excluding hydrogens is 665 g/mol. The number of imide groups is 1. The van der Waals surface area contributed by atoms with E-state index in [9.17, 15) is 14.4 Å². The highest BCUT2D eigenvalue weighted by molar-refractivity contribution is 9.11. The number of nitrogens with one attached hydrogen (secondary N) is 2. The van der Waals surface area contributed by atoms with Crippen LogP contribution in [0, 0.1) is 0 Å². The molecule has 0 radical (unpaired) electrons. The number of methoxy groups -OCH3 is 1. The molecule has 12 heteroatoms. The second-order valence-electron chi connectivity index (χ2n) is 7.98. The minimum Gasteiger partial charge on any atom is -0.495 e. The third-order valence-electron chi connectivity index (χ3n) is 5.34. The van der Waals surface area contributed by atoms with Crippen molar-refractivity contribution < 1.29 is 23.9 Å². The second kappa shape index (κ2) is 12.2. The number of benzene rings is 3. The Hall–Kier alpha value is -3.05. The summed E-state index contributed by atoms with van der Waals surface area (Å²) in [5, 5.41) is 6.05. The SMILES string of the molecule is COc1ccccc1NC(=O)CN1C(=O)N/C(=C/c2cc(Br)c(OCc3ccc(Cl)c(Cl)c3)c(Br)c2)C1=O. The van der Waals surface area contributed by atoms with Gasteiger partial charge in [-0.05, 0) is 85.5 Å². The molecule has 1 aliphatic rings. The first-order valence-corrected chi connectivity index (χ1v) is 13.3. The molecular formula is C26H19Br2Cl2N3O5. The van der Waals surface area contributed by atoms with Crippen molar-refractivity contribution in [1.82, 2.24) is 10.2 Å². The van der Waals surface area contributed by atoms with Crippen molar-refractivity contribution in [3.05, 3.63) is 90.4 Å².